The van der Waals surface area contributed by atoms with E-state index < -0.39 is 12.4 Å². The van der Waals surface area contributed by atoms with E-state index >= 15 is 0 Å². The van der Waals surface area contributed by atoms with Crippen LogP contribution in [0.4, 0.5) is 14.5 Å². The number of anilines is 1. The predicted molar refractivity (Wildman–Crippen MR) is 52.2 cm³/mol. The quantitative estimate of drug-likeness (QED) is 0.631. The Labute approximate surface area is 90.2 Å². The van der Waals surface area contributed by atoms with Crippen LogP contribution in [0.2, 0.25) is 0 Å². The number of rotatable bonds is 3. The minimum atomic E-state index is -3.06. The van der Waals surface area contributed by atoms with Crippen molar-refractivity contribution in [2.45, 2.75) is 13.5 Å². The van der Waals surface area contributed by atoms with Gasteiger partial charge in [0.25, 0.3) is 0 Å². The van der Waals surface area contributed by atoms with E-state index in [1.165, 1.54) is 13.0 Å². The number of carbonyl (C=O) groups excluding carboxylic acids is 1. The average molecular weight is 226 g/mol. The SMILES string of the molecule is CC(=O)c1cc(C#N)cc(OC(F)F)c1N. The maximum absolute atomic E-state index is 12.0. The van der Waals surface area contributed by atoms with Crippen molar-refractivity contribution in [1.82, 2.24) is 0 Å². The molecule has 0 aliphatic carbocycles. The van der Waals surface area contributed by atoms with Crippen molar-refractivity contribution >= 4 is 11.5 Å². The summed E-state index contributed by atoms with van der Waals surface area (Å²) >= 11 is 0. The van der Waals surface area contributed by atoms with E-state index in [9.17, 15) is 13.6 Å². The number of benzene rings is 1. The van der Waals surface area contributed by atoms with Crippen LogP contribution in [0.25, 0.3) is 0 Å². The molecule has 1 rings (SSSR count). The number of nitriles is 1. The molecule has 0 saturated heterocycles. The van der Waals surface area contributed by atoms with Crippen molar-refractivity contribution < 1.29 is 18.3 Å². The molecule has 1 aromatic rings. The highest BCUT2D eigenvalue weighted by Gasteiger charge is 2.15. The molecule has 2 N–H and O–H groups in total. The van der Waals surface area contributed by atoms with Crippen LogP contribution in [0.5, 0.6) is 5.75 Å². The molecule has 0 unspecified atom stereocenters. The van der Waals surface area contributed by atoms with Gasteiger partial charge >= 0.3 is 6.61 Å². The topological polar surface area (TPSA) is 76.1 Å². The molecule has 0 saturated carbocycles. The van der Waals surface area contributed by atoms with Crippen LogP contribution >= 0.6 is 0 Å². The van der Waals surface area contributed by atoms with Crippen molar-refractivity contribution in [3.8, 4) is 11.8 Å². The first-order chi connectivity index (χ1) is 7.45. The van der Waals surface area contributed by atoms with Gasteiger partial charge in [0.05, 0.1) is 17.3 Å². The fraction of sp³-hybridized carbons (Fsp3) is 0.200. The summed E-state index contributed by atoms with van der Waals surface area (Å²) in [6, 6.07) is 4.03. The van der Waals surface area contributed by atoms with E-state index in [2.05, 4.69) is 4.74 Å². The van der Waals surface area contributed by atoms with Gasteiger partial charge in [-0.15, -0.1) is 0 Å². The first-order valence-corrected chi connectivity index (χ1v) is 4.25. The standard InChI is InChI=1S/C10H8F2N2O2/c1-5(15)7-2-6(4-13)3-8(9(7)14)16-10(11)12/h2-3,10H,14H2,1H3. The van der Waals surface area contributed by atoms with E-state index in [0.717, 1.165) is 6.07 Å². The smallest absolute Gasteiger partial charge is 0.387 e. The Balaban J connectivity index is 3.32. The second-order valence-electron chi connectivity index (χ2n) is 2.98. The van der Waals surface area contributed by atoms with E-state index in [0.29, 0.717) is 0 Å². The number of alkyl halides is 2. The van der Waals surface area contributed by atoms with Crippen LogP contribution in [0.3, 0.4) is 0 Å². The lowest BCUT2D eigenvalue weighted by atomic mass is 10.1. The summed E-state index contributed by atoms with van der Waals surface area (Å²) in [6.45, 7) is -1.84. The van der Waals surface area contributed by atoms with Crippen LogP contribution in [0.15, 0.2) is 12.1 Å². The zero-order valence-corrected chi connectivity index (χ0v) is 8.33. The highest BCUT2D eigenvalue weighted by Crippen LogP contribution is 2.29. The number of hydrogen-bond donors (Lipinski definition) is 1. The molecular formula is C10H8F2N2O2. The number of nitrogens with zero attached hydrogens (tertiary/aromatic N) is 1. The van der Waals surface area contributed by atoms with Gasteiger partial charge in [-0.2, -0.15) is 14.0 Å². The molecule has 0 radical (unpaired) electrons. The van der Waals surface area contributed by atoms with Gasteiger partial charge in [-0.05, 0) is 13.0 Å². The maximum Gasteiger partial charge on any atom is 0.387 e. The number of halogens is 2. The van der Waals surface area contributed by atoms with Crippen molar-refractivity contribution in [3.05, 3.63) is 23.3 Å². The summed E-state index contributed by atoms with van der Waals surface area (Å²) in [7, 11) is 0. The van der Waals surface area contributed by atoms with Gasteiger partial charge in [0.1, 0.15) is 0 Å². The van der Waals surface area contributed by atoms with E-state index in [1.54, 1.807) is 6.07 Å². The monoisotopic (exact) mass is 226 g/mol. The molecule has 0 heterocycles. The Bertz CT molecular complexity index is 467. The molecule has 0 aromatic heterocycles. The van der Waals surface area contributed by atoms with Gasteiger partial charge in [0, 0.05) is 11.6 Å². The molecule has 0 spiro atoms. The molecule has 0 fully saturated rings. The third kappa shape index (κ3) is 2.45. The Morgan fingerprint density at radius 2 is 2.19 bits per heavy atom. The fourth-order valence-electron chi connectivity index (χ4n) is 1.18. The van der Waals surface area contributed by atoms with Crippen LogP contribution in [0.1, 0.15) is 22.8 Å². The molecule has 1 aromatic carbocycles. The van der Waals surface area contributed by atoms with Crippen LogP contribution in [-0.4, -0.2) is 12.4 Å². The van der Waals surface area contributed by atoms with Crippen molar-refractivity contribution in [1.29, 1.82) is 5.26 Å². The number of Topliss-reactive ketones (excluding diaryl/α,β-unsaturated/α-hetero) is 1. The number of nitrogen functional groups attached to an aromatic ring is 1. The van der Waals surface area contributed by atoms with Gasteiger partial charge in [-0.25, -0.2) is 0 Å². The number of carbonyl (C=O) groups is 1. The van der Waals surface area contributed by atoms with Gasteiger partial charge in [0.15, 0.2) is 11.5 Å². The highest BCUT2D eigenvalue weighted by atomic mass is 19.3. The fourth-order valence-corrected chi connectivity index (χ4v) is 1.18. The first-order valence-electron chi connectivity index (χ1n) is 4.25. The van der Waals surface area contributed by atoms with Gasteiger partial charge in [0.2, 0.25) is 0 Å². The largest absolute Gasteiger partial charge is 0.433 e. The van der Waals surface area contributed by atoms with E-state index in [1.807, 2.05) is 0 Å². The summed E-state index contributed by atoms with van der Waals surface area (Å²) < 4.78 is 28.2. The molecule has 0 atom stereocenters. The second-order valence-corrected chi connectivity index (χ2v) is 2.98. The molecule has 16 heavy (non-hydrogen) atoms. The molecule has 84 valence electrons. The summed E-state index contributed by atoms with van der Waals surface area (Å²) in [5.74, 6) is -0.784. The lowest BCUT2D eigenvalue weighted by molar-refractivity contribution is -0.0493. The Morgan fingerprint density at radius 1 is 1.56 bits per heavy atom. The van der Waals surface area contributed by atoms with Gasteiger partial charge in [-0.3, -0.25) is 4.79 Å². The highest BCUT2D eigenvalue weighted by molar-refractivity contribution is 6.00. The summed E-state index contributed by atoms with van der Waals surface area (Å²) in [4.78, 5) is 11.1. The normalized spacial score (nSPS) is 9.94. The molecule has 0 amide bonds. The summed E-state index contributed by atoms with van der Waals surface area (Å²) in [5, 5.41) is 8.65. The molecular weight excluding hydrogens is 218 g/mol. The molecule has 4 nitrogen and oxygen atoms in total. The summed E-state index contributed by atoms with van der Waals surface area (Å²) in [5.41, 5.74) is 5.31. The van der Waals surface area contributed by atoms with Crippen LogP contribution in [-0.2, 0) is 0 Å². The second kappa shape index (κ2) is 4.57. The minimum Gasteiger partial charge on any atom is -0.433 e. The van der Waals surface area contributed by atoms with Crippen LogP contribution in [0, 0.1) is 11.3 Å². The average Bonchev–Trinajstić information content (AvgIpc) is 2.19. The molecule has 0 bridgehead atoms. The first kappa shape index (κ1) is 11.9. The zero-order valence-electron chi connectivity index (χ0n) is 8.33. The third-order valence-corrected chi connectivity index (χ3v) is 1.87. The predicted octanol–water partition coefficient (Wildman–Crippen LogP) is 1.94. The lowest BCUT2D eigenvalue weighted by Gasteiger charge is -2.10. The number of ether oxygens (including phenoxy) is 1. The van der Waals surface area contributed by atoms with E-state index in [4.69, 9.17) is 11.0 Å². The van der Waals surface area contributed by atoms with Gasteiger partial charge < -0.3 is 10.5 Å². The van der Waals surface area contributed by atoms with Crippen molar-refractivity contribution in [3.63, 3.8) is 0 Å². The number of ketones is 1. The Morgan fingerprint density at radius 3 is 2.62 bits per heavy atom. The zero-order chi connectivity index (χ0) is 12.3. The molecule has 0 aliphatic heterocycles. The third-order valence-electron chi connectivity index (χ3n) is 1.87. The summed E-state index contributed by atoms with van der Waals surface area (Å²) in [6.07, 6.45) is 0. The van der Waals surface area contributed by atoms with Gasteiger partial charge in [-0.1, -0.05) is 0 Å². The maximum atomic E-state index is 12.0. The minimum absolute atomic E-state index is 0.00491. The number of hydrogen-bond acceptors (Lipinski definition) is 4. The number of nitrogens with two attached hydrogens (primary N) is 1. The Hall–Kier alpha value is -2.16. The van der Waals surface area contributed by atoms with Crippen molar-refractivity contribution in [2.75, 3.05) is 5.73 Å². The molecule has 0 aliphatic rings. The van der Waals surface area contributed by atoms with Crippen molar-refractivity contribution in [2.24, 2.45) is 0 Å². The molecule has 6 heteroatoms. The Kier molecular flexibility index (Phi) is 3.40. The van der Waals surface area contributed by atoms with Crippen LogP contribution < -0.4 is 10.5 Å². The lowest BCUT2D eigenvalue weighted by Crippen LogP contribution is -2.08. The van der Waals surface area contributed by atoms with E-state index in [-0.39, 0.29) is 22.6 Å².